The molecule has 1 amide bonds. The van der Waals surface area contributed by atoms with Crippen molar-refractivity contribution in [3.8, 4) is 0 Å². The van der Waals surface area contributed by atoms with E-state index in [9.17, 15) is 4.79 Å². The summed E-state index contributed by atoms with van der Waals surface area (Å²) in [5.41, 5.74) is 0. The Morgan fingerprint density at radius 1 is 1.39 bits per heavy atom. The molecule has 1 atom stereocenters. The van der Waals surface area contributed by atoms with Crippen molar-refractivity contribution in [3.63, 3.8) is 0 Å². The van der Waals surface area contributed by atoms with Crippen LogP contribution in [0.1, 0.15) is 33.1 Å². The van der Waals surface area contributed by atoms with Gasteiger partial charge in [-0.1, -0.05) is 0 Å². The van der Waals surface area contributed by atoms with Crippen molar-refractivity contribution in [3.05, 3.63) is 0 Å². The number of nitrogens with one attached hydrogen (secondary N) is 1. The van der Waals surface area contributed by atoms with Crippen LogP contribution in [-0.2, 0) is 4.79 Å². The van der Waals surface area contributed by atoms with E-state index in [-0.39, 0.29) is 0 Å². The van der Waals surface area contributed by atoms with Crippen LogP contribution in [0.4, 0.5) is 0 Å². The molecular formula is C14H27N3O. The fourth-order valence-corrected chi connectivity index (χ4v) is 2.71. The highest BCUT2D eigenvalue weighted by molar-refractivity contribution is 5.78. The normalized spacial score (nSPS) is 24.4. The molecule has 0 aromatic carbocycles. The number of carbonyl (C=O) groups excluding carboxylic acids is 1. The predicted molar refractivity (Wildman–Crippen MR) is 73.5 cm³/mol. The van der Waals surface area contributed by atoms with E-state index in [1.165, 1.54) is 19.3 Å². The van der Waals surface area contributed by atoms with Gasteiger partial charge in [0.2, 0.25) is 5.91 Å². The van der Waals surface area contributed by atoms with E-state index in [1.807, 2.05) is 4.90 Å². The molecule has 4 nitrogen and oxygen atoms in total. The summed E-state index contributed by atoms with van der Waals surface area (Å²) < 4.78 is 0. The van der Waals surface area contributed by atoms with Gasteiger partial charge in [0.05, 0.1) is 6.54 Å². The van der Waals surface area contributed by atoms with E-state index in [1.54, 1.807) is 0 Å². The van der Waals surface area contributed by atoms with Gasteiger partial charge in [0.25, 0.3) is 0 Å². The molecule has 104 valence electrons. The molecule has 2 aliphatic rings. The third-order valence-electron chi connectivity index (χ3n) is 4.17. The van der Waals surface area contributed by atoms with Crippen LogP contribution in [0.3, 0.4) is 0 Å². The van der Waals surface area contributed by atoms with Gasteiger partial charge in [-0.25, -0.2) is 0 Å². The zero-order chi connectivity index (χ0) is 13.0. The van der Waals surface area contributed by atoms with Gasteiger partial charge in [-0.15, -0.1) is 0 Å². The lowest BCUT2D eigenvalue weighted by Gasteiger charge is -2.36. The number of hydrogen-bond acceptors (Lipinski definition) is 3. The molecule has 1 unspecified atom stereocenters. The first-order valence-corrected chi connectivity index (χ1v) is 7.39. The number of likely N-dealkylation sites (tertiary alicyclic amines) is 1. The molecule has 18 heavy (non-hydrogen) atoms. The Morgan fingerprint density at radius 3 is 2.67 bits per heavy atom. The SMILES string of the molecule is CC(C)N(CC(=O)N1CCC1)CC1CCCNC1. The molecule has 0 saturated carbocycles. The molecule has 0 aromatic rings. The van der Waals surface area contributed by atoms with E-state index >= 15 is 0 Å². The number of rotatable bonds is 5. The first-order chi connectivity index (χ1) is 8.66. The highest BCUT2D eigenvalue weighted by Crippen LogP contribution is 2.14. The minimum Gasteiger partial charge on any atom is -0.341 e. The van der Waals surface area contributed by atoms with Crippen LogP contribution in [-0.4, -0.2) is 61.0 Å². The van der Waals surface area contributed by atoms with Gasteiger partial charge in [-0.05, 0) is 52.1 Å². The second kappa shape index (κ2) is 6.53. The Labute approximate surface area is 111 Å². The topological polar surface area (TPSA) is 35.6 Å². The summed E-state index contributed by atoms with van der Waals surface area (Å²) in [4.78, 5) is 16.4. The van der Waals surface area contributed by atoms with Crippen molar-refractivity contribution in [2.45, 2.75) is 39.2 Å². The van der Waals surface area contributed by atoms with E-state index in [0.717, 1.165) is 32.7 Å². The Kier molecular flexibility index (Phi) is 5.01. The molecule has 2 aliphatic heterocycles. The van der Waals surface area contributed by atoms with Crippen LogP contribution >= 0.6 is 0 Å². The molecule has 0 radical (unpaired) electrons. The molecular weight excluding hydrogens is 226 g/mol. The number of hydrogen-bond donors (Lipinski definition) is 1. The maximum absolute atomic E-state index is 12.1. The summed E-state index contributed by atoms with van der Waals surface area (Å²) in [5, 5.41) is 3.46. The van der Waals surface area contributed by atoms with E-state index < -0.39 is 0 Å². The highest BCUT2D eigenvalue weighted by Gasteiger charge is 2.25. The number of nitrogens with zero attached hydrogens (tertiary/aromatic N) is 2. The maximum Gasteiger partial charge on any atom is 0.236 e. The lowest BCUT2D eigenvalue weighted by Crippen LogP contribution is -2.50. The third-order valence-corrected chi connectivity index (χ3v) is 4.17. The molecule has 2 heterocycles. The Balaban J connectivity index is 1.80. The monoisotopic (exact) mass is 253 g/mol. The van der Waals surface area contributed by atoms with E-state index in [0.29, 0.717) is 24.4 Å². The summed E-state index contributed by atoms with van der Waals surface area (Å²) in [6.45, 7) is 10.3. The fourth-order valence-electron chi connectivity index (χ4n) is 2.71. The number of carbonyl (C=O) groups is 1. The molecule has 2 rings (SSSR count). The smallest absolute Gasteiger partial charge is 0.236 e. The van der Waals surface area contributed by atoms with Gasteiger partial charge in [0.1, 0.15) is 0 Å². The van der Waals surface area contributed by atoms with Crippen molar-refractivity contribution >= 4 is 5.91 Å². The van der Waals surface area contributed by atoms with Crippen molar-refractivity contribution in [2.24, 2.45) is 5.92 Å². The van der Waals surface area contributed by atoms with Crippen molar-refractivity contribution in [1.82, 2.24) is 15.1 Å². The van der Waals surface area contributed by atoms with Crippen LogP contribution < -0.4 is 5.32 Å². The van der Waals surface area contributed by atoms with Crippen LogP contribution in [0.25, 0.3) is 0 Å². The molecule has 2 saturated heterocycles. The fraction of sp³-hybridized carbons (Fsp3) is 0.929. The summed E-state index contributed by atoms with van der Waals surface area (Å²) in [6, 6.07) is 0.456. The summed E-state index contributed by atoms with van der Waals surface area (Å²) in [7, 11) is 0. The molecule has 0 aliphatic carbocycles. The van der Waals surface area contributed by atoms with Crippen molar-refractivity contribution in [1.29, 1.82) is 0 Å². The van der Waals surface area contributed by atoms with Crippen LogP contribution in [0.5, 0.6) is 0 Å². The van der Waals surface area contributed by atoms with Gasteiger partial charge in [0, 0.05) is 25.7 Å². The zero-order valence-corrected chi connectivity index (χ0v) is 11.8. The Hall–Kier alpha value is -0.610. The van der Waals surface area contributed by atoms with E-state index in [2.05, 4.69) is 24.1 Å². The van der Waals surface area contributed by atoms with Gasteiger partial charge in [-0.2, -0.15) is 0 Å². The molecule has 0 aromatic heterocycles. The third kappa shape index (κ3) is 3.69. The van der Waals surface area contributed by atoms with Crippen LogP contribution in [0.15, 0.2) is 0 Å². The lowest BCUT2D eigenvalue weighted by molar-refractivity contribution is -0.136. The van der Waals surface area contributed by atoms with Gasteiger partial charge < -0.3 is 10.2 Å². The minimum absolute atomic E-state index is 0.318. The van der Waals surface area contributed by atoms with Gasteiger partial charge in [0.15, 0.2) is 0 Å². The summed E-state index contributed by atoms with van der Waals surface area (Å²) >= 11 is 0. The molecule has 4 heteroatoms. The van der Waals surface area contributed by atoms with Crippen LogP contribution in [0.2, 0.25) is 0 Å². The standard InChI is InChI=1S/C14H27N3O/c1-12(2)17(10-13-5-3-6-15-9-13)11-14(18)16-7-4-8-16/h12-13,15H,3-11H2,1-2H3. The first-order valence-electron chi connectivity index (χ1n) is 7.39. The quantitative estimate of drug-likeness (QED) is 0.792. The average Bonchev–Trinajstić information content (AvgIpc) is 2.27. The van der Waals surface area contributed by atoms with Gasteiger partial charge in [-0.3, -0.25) is 9.69 Å². The van der Waals surface area contributed by atoms with Crippen molar-refractivity contribution in [2.75, 3.05) is 39.3 Å². The number of piperidine rings is 1. The second-order valence-electron chi connectivity index (χ2n) is 5.97. The largest absolute Gasteiger partial charge is 0.341 e. The number of amides is 1. The second-order valence-corrected chi connectivity index (χ2v) is 5.97. The molecule has 1 N–H and O–H groups in total. The Morgan fingerprint density at radius 2 is 2.17 bits per heavy atom. The van der Waals surface area contributed by atoms with Crippen LogP contribution in [0, 0.1) is 5.92 Å². The summed E-state index contributed by atoms with van der Waals surface area (Å²) in [6.07, 6.45) is 3.75. The average molecular weight is 253 g/mol. The van der Waals surface area contributed by atoms with Crippen molar-refractivity contribution < 1.29 is 4.79 Å². The Bertz CT molecular complexity index is 270. The molecule has 0 spiro atoms. The zero-order valence-electron chi connectivity index (χ0n) is 11.8. The molecule has 0 bridgehead atoms. The van der Waals surface area contributed by atoms with E-state index in [4.69, 9.17) is 0 Å². The maximum atomic E-state index is 12.1. The molecule has 2 fully saturated rings. The predicted octanol–water partition coefficient (Wildman–Crippen LogP) is 0.929. The first kappa shape index (κ1) is 13.8. The van der Waals surface area contributed by atoms with Gasteiger partial charge >= 0.3 is 0 Å². The lowest BCUT2D eigenvalue weighted by atomic mass is 9.98. The minimum atomic E-state index is 0.318. The summed E-state index contributed by atoms with van der Waals surface area (Å²) in [5.74, 6) is 1.03. The highest BCUT2D eigenvalue weighted by atomic mass is 16.2.